The Kier molecular flexibility index (Phi) is 34.0. The summed E-state index contributed by atoms with van der Waals surface area (Å²) in [5.41, 5.74) is 0. The molecule has 29 heavy (non-hydrogen) atoms. The van der Waals surface area contributed by atoms with Gasteiger partial charge in [0.2, 0.25) is 0 Å². The van der Waals surface area contributed by atoms with Crippen LogP contribution < -0.4 is 15.3 Å². The van der Waals surface area contributed by atoms with Gasteiger partial charge in [-0.05, 0) is 19.3 Å². The predicted molar refractivity (Wildman–Crippen MR) is 123 cm³/mol. The summed E-state index contributed by atoms with van der Waals surface area (Å²) in [5, 5.41) is 27.5. The maximum atomic E-state index is 9.85. The van der Waals surface area contributed by atoms with Gasteiger partial charge in [-0.15, -0.1) is 19.7 Å². The average molecular weight is 569 g/mol. The molecule has 0 rings (SSSR count). The van der Waals surface area contributed by atoms with Crippen LogP contribution in [0, 0.1) is 0 Å². The van der Waals surface area contributed by atoms with E-state index >= 15 is 0 Å². The summed E-state index contributed by atoms with van der Waals surface area (Å²) in [6.07, 6.45) is 8.33. The molecule has 3 atom stereocenters. The Morgan fingerprint density at radius 3 is 1.07 bits per heavy atom. The summed E-state index contributed by atoms with van der Waals surface area (Å²) in [6, 6.07) is 0. The molecule has 0 aliphatic carbocycles. The molecule has 3 unspecified atom stereocenters. The van der Waals surface area contributed by atoms with Crippen LogP contribution in [0.4, 0.5) is 0 Å². The van der Waals surface area contributed by atoms with Gasteiger partial charge in [-0.3, -0.25) is 0 Å². The van der Waals surface area contributed by atoms with E-state index in [1.54, 1.807) is 22.5 Å². The number of rotatable bonds is 11. The molecule has 0 spiro atoms. The quantitative estimate of drug-likeness (QED) is 0.186. The van der Waals surface area contributed by atoms with E-state index in [-0.39, 0.29) is 0 Å². The fourth-order valence-corrected chi connectivity index (χ4v) is 2.40. The van der Waals surface area contributed by atoms with Gasteiger partial charge in [0, 0.05) is 15.7 Å². The van der Waals surface area contributed by atoms with Crippen LogP contribution in [0.25, 0.3) is 0 Å². The second-order valence-corrected chi connectivity index (χ2v) is 8.48. The van der Waals surface area contributed by atoms with Crippen molar-refractivity contribution in [1.29, 1.82) is 0 Å². The van der Waals surface area contributed by atoms with Gasteiger partial charge in [-0.25, -0.2) is 0 Å². The number of carbonyl (C=O) groups excluding carboxylic acids is 3. The van der Waals surface area contributed by atoms with Crippen molar-refractivity contribution < 1.29 is 29.7 Å². The number of aliphatic carboxylic acids is 3. The third-order valence-corrected chi connectivity index (χ3v) is 4.79. The monoisotopic (exact) mass is 570 g/mol. The Morgan fingerprint density at radius 1 is 0.793 bits per heavy atom. The van der Waals surface area contributed by atoms with E-state index < -0.39 is 33.7 Å². The molecule has 0 N–H and O–H groups in total. The number of carboxylic acid groups (broad SMARTS) is 3. The zero-order valence-electron chi connectivity index (χ0n) is 16.6. The molecule has 0 heterocycles. The van der Waals surface area contributed by atoms with Crippen molar-refractivity contribution in [1.82, 2.24) is 0 Å². The molecule has 0 aromatic heterocycles. The van der Waals surface area contributed by atoms with E-state index in [9.17, 15) is 29.7 Å². The second-order valence-electron chi connectivity index (χ2n) is 5.18. The van der Waals surface area contributed by atoms with Gasteiger partial charge in [0.05, 0.1) is 17.9 Å². The molecule has 0 aromatic rings. The van der Waals surface area contributed by atoms with Crippen LogP contribution in [0.2, 0.25) is 4.44 Å². The van der Waals surface area contributed by atoms with Crippen molar-refractivity contribution >= 4 is 78.3 Å². The molecule has 0 saturated carbocycles. The third kappa shape index (κ3) is 35.3. The number of carbonyl (C=O) groups is 3. The number of thiol groups is 3. The summed E-state index contributed by atoms with van der Waals surface area (Å²) < 4.78 is 1.43. The van der Waals surface area contributed by atoms with E-state index in [0.717, 1.165) is 0 Å². The van der Waals surface area contributed by atoms with Crippen molar-refractivity contribution in [2.75, 3.05) is 0 Å². The molecule has 0 aromatic carbocycles. The molecular weight excluding hydrogens is 539 g/mol. The standard InChI is InChI=1S/3C5H8O2S.C4H9.Sn/c3*1-2-3-4(8)5(6)7;1-3-4-2;/h3*2,4,8H,1,3H2,(H,6,7);1,3-4H2,2H3;/q;;;;+3/p-3. The van der Waals surface area contributed by atoms with Crippen LogP contribution in [0.5, 0.6) is 0 Å². The fraction of sp³-hybridized carbons (Fsp3) is 0.526. The van der Waals surface area contributed by atoms with Crippen LogP contribution >= 0.6 is 37.9 Å². The van der Waals surface area contributed by atoms with Crippen LogP contribution in [0.15, 0.2) is 38.0 Å². The molecule has 0 fully saturated rings. The van der Waals surface area contributed by atoms with E-state index in [1.807, 2.05) is 0 Å². The van der Waals surface area contributed by atoms with Crippen molar-refractivity contribution in [3.63, 3.8) is 0 Å². The molecule has 0 aliphatic heterocycles. The first-order valence-electron chi connectivity index (χ1n) is 8.60. The minimum absolute atomic E-state index is 0.353. The van der Waals surface area contributed by atoms with Gasteiger partial charge in [0.15, 0.2) is 0 Å². The van der Waals surface area contributed by atoms with Crippen molar-refractivity contribution in [2.45, 2.75) is 59.2 Å². The average Bonchev–Trinajstić information content (AvgIpc) is 2.64. The summed E-state index contributed by atoms with van der Waals surface area (Å²) in [7, 11) is 0. The summed E-state index contributed by atoms with van der Waals surface area (Å²) in [6.45, 7) is 12.3. The molecule has 0 radical (unpaired) electrons. The Balaban J connectivity index is -0.000000146. The number of allylic oxidation sites excluding steroid dienone is 3. The van der Waals surface area contributed by atoms with E-state index in [4.69, 9.17) is 0 Å². The van der Waals surface area contributed by atoms with E-state index in [0.29, 0.717) is 19.3 Å². The van der Waals surface area contributed by atoms with Gasteiger partial charge in [-0.2, -0.15) is 37.9 Å². The topological polar surface area (TPSA) is 120 Å². The van der Waals surface area contributed by atoms with Gasteiger partial charge in [0.25, 0.3) is 0 Å². The Bertz CT molecular complexity index is 411. The first-order valence-corrected chi connectivity index (χ1v) is 12.2. The summed E-state index contributed by atoms with van der Waals surface area (Å²) >= 11 is 12.7. The van der Waals surface area contributed by atoms with Crippen LogP contribution in [0.3, 0.4) is 0 Å². The summed E-state index contributed by atoms with van der Waals surface area (Å²) in [4.78, 5) is 29.6. The Hall–Kier alpha value is -0.521. The molecule has 0 aliphatic rings. The van der Waals surface area contributed by atoms with E-state index in [1.165, 1.54) is 35.5 Å². The zero-order valence-corrected chi connectivity index (χ0v) is 22.2. The second kappa shape index (κ2) is 27.5. The zero-order chi connectivity index (χ0) is 23.8. The van der Waals surface area contributed by atoms with Gasteiger partial charge >= 0.3 is 46.7 Å². The summed E-state index contributed by atoms with van der Waals surface area (Å²) in [5.74, 6) is -3.44. The minimum atomic E-state index is -1.15. The van der Waals surface area contributed by atoms with Crippen LogP contribution in [0.1, 0.15) is 39.0 Å². The molecular formula is C19H30O6S3Sn. The molecule has 164 valence electrons. The van der Waals surface area contributed by atoms with Crippen molar-refractivity contribution in [3.05, 3.63) is 38.0 Å². The number of hydrogen-bond acceptors (Lipinski definition) is 9. The molecule has 6 nitrogen and oxygen atoms in total. The van der Waals surface area contributed by atoms with Gasteiger partial charge in [-0.1, -0.05) is 18.2 Å². The van der Waals surface area contributed by atoms with Gasteiger partial charge in [0.1, 0.15) is 0 Å². The van der Waals surface area contributed by atoms with Gasteiger partial charge < -0.3 is 29.7 Å². The first kappa shape index (κ1) is 35.9. The number of unbranched alkanes of at least 4 members (excludes halogenated alkanes) is 1. The third-order valence-electron chi connectivity index (χ3n) is 2.52. The number of carboxylic acids is 3. The Labute approximate surface area is 204 Å². The molecule has 0 amide bonds. The van der Waals surface area contributed by atoms with Crippen LogP contribution in [-0.4, -0.2) is 56.2 Å². The fourth-order valence-electron chi connectivity index (χ4n) is 0.939. The normalized spacial score (nSPS) is 11.9. The van der Waals surface area contributed by atoms with Crippen LogP contribution in [-0.2, 0) is 14.4 Å². The predicted octanol–water partition coefficient (Wildman–Crippen LogP) is 0.206. The first-order chi connectivity index (χ1) is 13.5. The number of hydrogen-bond donors (Lipinski definition) is 3. The van der Waals surface area contributed by atoms with Crippen molar-refractivity contribution in [3.8, 4) is 0 Å². The molecule has 0 bridgehead atoms. The Morgan fingerprint density at radius 2 is 1.03 bits per heavy atom. The maximum absolute atomic E-state index is 9.85. The van der Waals surface area contributed by atoms with Crippen molar-refractivity contribution in [2.24, 2.45) is 0 Å². The molecule has 10 heteroatoms. The SMILES string of the molecule is C=CCC(S)C(=O)[O-].C=CCC(S)C(=O)[O-].C=CCC(S)C(=O)[O-].CCC[CH2][Sn+3]. The van der Waals surface area contributed by atoms with E-state index in [2.05, 4.69) is 64.5 Å². The molecule has 0 saturated heterocycles.